The van der Waals surface area contributed by atoms with E-state index in [2.05, 4.69) is 10.3 Å². The highest BCUT2D eigenvalue weighted by Crippen LogP contribution is 2.30. The van der Waals surface area contributed by atoms with Gasteiger partial charge in [0.25, 0.3) is 0 Å². The van der Waals surface area contributed by atoms with Gasteiger partial charge in [0, 0.05) is 6.54 Å². The van der Waals surface area contributed by atoms with Crippen LogP contribution in [-0.2, 0) is 0 Å². The molecular formula is C7H15Cl2N3. The van der Waals surface area contributed by atoms with Crippen molar-refractivity contribution in [2.75, 3.05) is 13.1 Å². The molecule has 3 N–H and O–H groups in total. The molecule has 1 aliphatic heterocycles. The van der Waals surface area contributed by atoms with Crippen LogP contribution in [0.5, 0.6) is 0 Å². The fraction of sp³-hybridized carbons (Fsp3) is 0.857. The van der Waals surface area contributed by atoms with Crippen LogP contribution < -0.4 is 11.1 Å². The molecule has 0 aromatic rings. The summed E-state index contributed by atoms with van der Waals surface area (Å²) < 4.78 is 0. The van der Waals surface area contributed by atoms with Crippen molar-refractivity contribution < 1.29 is 0 Å². The molecule has 1 aliphatic carbocycles. The van der Waals surface area contributed by atoms with Crippen molar-refractivity contribution in [2.24, 2.45) is 10.7 Å². The lowest BCUT2D eigenvalue weighted by molar-refractivity contribution is 0.337. The second-order valence-electron chi connectivity index (χ2n) is 3.17. The Kier molecular flexibility index (Phi) is 4.31. The van der Waals surface area contributed by atoms with Gasteiger partial charge in [0.05, 0.1) is 12.1 Å². The lowest BCUT2D eigenvalue weighted by atomic mass is 9.77. The lowest BCUT2D eigenvalue weighted by Crippen LogP contribution is -2.57. The molecule has 0 spiro atoms. The van der Waals surface area contributed by atoms with Gasteiger partial charge in [-0.25, -0.2) is 0 Å². The minimum Gasteiger partial charge on any atom is -0.370 e. The summed E-state index contributed by atoms with van der Waals surface area (Å²) in [6.45, 7) is 1.89. The Bertz CT molecular complexity index is 177. The first-order valence-corrected chi connectivity index (χ1v) is 3.89. The van der Waals surface area contributed by atoms with Crippen molar-refractivity contribution in [3.05, 3.63) is 0 Å². The number of nitrogens with one attached hydrogen (secondary N) is 1. The van der Waals surface area contributed by atoms with Crippen molar-refractivity contribution in [3.63, 3.8) is 0 Å². The van der Waals surface area contributed by atoms with Gasteiger partial charge in [0.1, 0.15) is 5.84 Å². The fourth-order valence-corrected chi connectivity index (χ4v) is 1.53. The van der Waals surface area contributed by atoms with Crippen LogP contribution in [0.25, 0.3) is 0 Å². The zero-order valence-corrected chi connectivity index (χ0v) is 8.51. The molecule has 12 heavy (non-hydrogen) atoms. The molecule has 0 saturated heterocycles. The van der Waals surface area contributed by atoms with E-state index in [0.29, 0.717) is 0 Å². The lowest BCUT2D eigenvalue weighted by Gasteiger charge is -2.37. The smallest absolute Gasteiger partial charge is 0.117 e. The molecule has 1 heterocycles. The van der Waals surface area contributed by atoms with Gasteiger partial charge >= 0.3 is 0 Å². The van der Waals surface area contributed by atoms with Crippen LogP contribution in [0.3, 0.4) is 0 Å². The first-order valence-electron chi connectivity index (χ1n) is 3.89. The third kappa shape index (κ3) is 1.84. The summed E-state index contributed by atoms with van der Waals surface area (Å²) >= 11 is 0. The molecule has 0 atom stereocenters. The molecule has 72 valence electrons. The minimum absolute atomic E-state index is 0. The van der Waals surface area contributed by atoms with Gasteiger partial charge in [-0.1, -0.05) is 0 Å². The van der Waals surface area contributed by atoms with E-state index in [9.17, 15) is 0 Å². The van der Waals surface area contributed by atoms with Crippen LogP contribution >= 0.6 is 24.8 Å². The second-order valence-corrected chi connectivity index (χ2v) is 3.17. The highest BCUT2D eigenvalue weighted by Gasteiger charge is 2.38. The van der Waals surface area contributed by atoms with Gasteiger partial charge < -0.3 is 11.1 Å². The Balaban J connectivity index is 0.000000605. The maximum Gasteiger partial charge on any atom is 0.117 e. The Hall–Kier alpha value is 0.01000. The number of hydrogen-bond donors (Lipinski definition) is 2. The summed E-state index contributed by atoms with van der Waals surface area (Å²) in [6.07, 6.45) is 3.48. The normalized spacial score (nSPS) is 23.9. The quantitative estimate of drug-likeness (QED) is 0.672. The largest absolute Gasteiger partial charge is 0.370 e. The standard InChI is InChI=1S/C7H13N3.2ClH/c8-7(2-1-3-7)6-9-4-5-10-6;;/h1-5,8H2,(H,9,10);2*1H. The van der Waals surface area contributed by atoms with Crippen LogP contribution in [0.1, 0.15) is 19.3 Å². The van der Waals surface area contributed by atoms with Crippen molar-refractivity contribution in [3.8, 4) is 0 Å². The summed E-state index contributed by atoms with van der Waals surface area (Å²) in [5.74, 6) is 1.05. The number of amidine groups is 1. The minimum atomic E-state index is -0.0590. The Morgan fingerprint density at radius 1 is 1.33 bits per heavy atom. The van der Waals surface area contributed by atoms with Gasteiger partial charge in [0.2, 0.25) is 0 Å². The average Bonchev–Trinajstić information content (AvgIpc) is 2.33. The van der Waals surface area contributed by atoms with E-state index in [-0.39, 0.29) is 30.4 Å². The number of rotatable bonds is 1. The zero-order valence-electron chi connectivity index (χ0n) is 6.88. The second kappa shape index (κ2) is 4.30. The molecular weight excluding hydrogens is 197 g/mol. The van der Waals surface area contributed by atoms with Crippen LogP contribution in [0.15, 0.2) is 4.99 Å². The number of halogens is 2. The third-order valence-corrected chi connectivity index (χ3v) is 2.39. The first kappa shape index (κ1) is 12.0. The Labute approximate surface area is 85.0 Å². The maximum atomic E-state index is 6.01. The first-order chi connectivity index (χ1) is 4.81. The molecule has 2 aliphatic rings. The molecule has 0 aromatic carbocycles. The van der Waals surface area contributed by atoms with Crippen LogP contribution in [0, 0.1) is 0 Å². The average molecular weight is 212 g/mol. The van der Waals surface area contributed by atoms with Crippen molar-refractivity contribution in [2.45, 2.75) is 24.8 Å². The van der Waals surface area contributed by atoms with Gasteiger partial charge in [0.15, 0.2) is 0 Å². The summed E-state index contributed by atoms with van der Waals surface area (Å²) in [6, 6.07) is 0. The van der Waals surface area contributed by atoms with Crippen LogP contribution in [0.4, 0.5) is 0 Å². The molecule has 5 heteroatoms. The van der Waals surface area contributed by atoms with Gasteiger partial charge in [-0.2, -0.15) is 0 Å². The summed E-state index contributed by atoms with van der Waals surface area (Å²) in [7, 11) is 0. The maximum absolute atomic E-state index is 6.01. The number of hydrogen-bond acceptors (Lipinski definition) is 3. The van der Waals surface area contributed by atoms with E-state index in [1.807, 2.05) is 0 Å². The molecule has 0 aromatic heterocycles. The molecule has 1 fully saturated rings. The highest BCUT2D eigenvalue weighted by atomic mass is 35.5. The van der Waals surface area contributed by atoms with E-state index >= 15 is 0 Å². The van der Waals surface area contributed by atoms with Crippen molar-refractivity contribution in [1.82, 2.24) is 5.32 Å². The number of aliphatic imine (C=N–C) groups is 1. The molecule has 0 unspecified atom stereocenters. The fourth-order valence-electron chi connectivity index (χ4n) is 1.53. The SMILES string of the molecule is Cl.Cl.NC1(C2=NCCN2)CCC1. The van der Waals surface area contributed by atoms with E-state index in [1.54, 1.807) is 0 Å². The summed E-state index contributed by atoms with van der Waals surface area (Å²) in [4.78, 5) is 4.31. The van der Waals surface area contributed by atoms with Crippen LogP contribution in [0.2, 0.25) is 0 Å². The molecule has 2 rings (SSSR count). The topological polar surface area (TPSA) is 50.4 Å². The van der Waals surface area contributed by atoms with E-state index in [0.717, 1.165) is 31.8 Å². The van der Waals surface area contributed by atoms with E-state index in [1.165, 1.54) is 6.42 Å². The molecule has 0 bridgehead atoms. The predicted molar refractivity (Wildman–Crippen MR) is 55.6 cm³/mol. The number of nitrogens with two attached hydrogens (primary N) is 1. The van der Waals surface area contributed by atoms with Crippen molar-refractivity contribution >= 4 is 30.6 Å². The molecule has 1 saturated carbocycles. The monoisotopic (exact) mass is 211 g/mol. The predicted octanol–water partition coefficient (Wildman–Crippen LogP) is 0.713. The number of nitrogens with zero attached hydrogens (tertiary/aromatic N) is 1. The van der Waals surface area contributed by atoms with E-state index in [4.69, 9.17) is 5.73 Å². The molecule has 0 radical (unpaired) electrons. The van der Waals surface area contributed by atoms with Crippen molar-refractivity contribution in [1.29, 1.82) is 0 Å². The Morgan fingerprint density at radius 3 is 2.33 bits per heavy atom. The highest BCUT2D eigenvalue weighted by molar-refractivity contribution is 5.93. The van der Waals surface area contributed by atoms with Crippen LogP contribution in [-0.4, -0.2) is 24.5 Å². The van der Waals surface area contributed by atoms with E-state index < -0.39 is 0 Å². The summed E-state index contributed by atoms with van der Waals surface area (Å²) in [5.41, 5.74) is 5.96. The molecule has 3 nitrogen and oxygen atoms in total. The van der Waals surface area contributed by atoms with Gasteiger partial charge in [-0.3, -0.25) is 4.99 Å². The van der Waals surface area contributed by atoms with Gasteiger partial charge in [-0.15, -0.1) is 24.8 Å². The van der Waals surface area contributed by atoms with Gasteiger partial charge in [-0.05, 0) is 19.3 Å². The summed E-state index contributed by atoms with van der Waals surface area (Å²) in [5, 5.41) is 3.22. The zero-order chi connectivity index (χ0) is 7.03. The molecule has 0 amide bonds. The Morgan fingerprint density at radius 2 is 2.00 bits per heavy atom. The third-order valence-electron chi connectivity index (χ3n) is 2.39.